The minimum atomic E-state index is 0.300. The molecule has 0 spiro atoms. The van der Waals surface area contributed by atoms with Gasteiger partial charge in [0, 0.05) is 6.04 Å². The Labute approximate surface area is 90.3 Å². The molecule has 0 aliphatic rings. The molecule has 1 unspecified atom stereocenters. The third-order valence-electron chi connectivity index (χ3n) is 2.56. The van der Waals surface area contributed by atoms with Crippen LogP contribution in [0.5, 0.6) is 0 Å². The topological polar surface area (TPSA) is 61.6 Å². The van der Waals surface area contributed by atoms with E-state index in [1.807, 2.05) is 13.8 Å². The number of nitrogens with zero attached hydrogens (tertiary/aromatic N) is 3. The van der Waals surface area contributed by atoms with Gasteiger partial charge < -0.3 is 5.32 Å². The summed E-state index contributed by atoms with van der Waals surface area (Å²) < 4.78 is 0. The first-order chi connectivity index (χ1) is 7.10. The fourth-order valence-corrected chi connectivity index (χ4v) is 1.18. The van der Waals surface area contributed by atoms with Gasteiger partial charge in [-0.25, -0.2) is 0 Å². The number of rotatable bonds is 3. The van der Waals surface area contributed by atoms with Crippen LogP contribution < -0.4 is 5.32 Å². The van der Waals surface area contributed by atoms with Crippen LogP contribution in [-0.2, 0) is 0 Å². The molecule has 4 nitrogen and oxygen atoms in total. The van der Waals surface area contributed by atoms with Gasteiger partial charge in [0.15, 0.2) is 5.82 Å². The second kappa shape index (κ2) is 4.74. The standard InChI is InChI=1S/C11H16N4/c1-5-7(2)13-11-10(6-12)8(3)9(4)14-15-11/h7H,5H2,1-4H3,(H,13,15). The molecule has 1 rings (SSSR count). The summed E-state index contributed by atoms with van der Waals surface area (Å²) in [4.78, 5) is 0. The molecule has 0 saturated carbocycles. The highest BCUT2D eigenvalue weighted by molar-refractivity contribution is 5.56. The number of aryl methyl sites for hydroxylation is 1. The summed E-state index contributed by atoms with van der Waals surface area (Å²) in [5.41, 5.74) is 2.31. The van der Waals surface area contributed by atoms with Crippen molar-refractivity contribution in [1.29, 1.82) is 5.26 Å². The molecule has 1 aromatic rings. The van der Waals surface area contributed by atoms with Crippen molar-refractivity contribution in [1.82, 2.24) is 10.2 Å². The average Bonchev–Trinajstić information content (AvgIpc) is 2.24. The lowest BCUT2D eigenvalue weighted by Gasteiger charge is -2.14. The molecule has 15 heavy (non-hydrogen) atoms. The largest absolute Gasteiger partial charge is 0.365 e. The van der Waals surface area contributed by atoms with E-state index in [2.05, 4.69) is 35.4 Å². The molecule has 0 aliphatic heterocycles. The van der Waals surface area contributed by atoms with Crippen molar-refractivity contribution in [2.24, 2.45) is 0 Å². The monoisotopic (exact) mass is 204 g/mol. The van der Waals surface area contributed by atoms with E-state index in [9.17, 15) is 0 Å². The van der Waals surface area contributed by atoms with Crippen LogP contribution in [0.4, 0.5) is 5.82 Å². The Bertz CT molecular complexity index is 392. The molecule has 1 N–H and O–H groups in total. The van der Waals surface area contributed by atoms with Crippen LogP contribution >= 0.6 is 0 Å². The fourth-order valence-electron chi connectivity index (χ4n) is 1.18. The third kappa shape index (κ3) is 2.44. The van der Waals surface area contributed by atoms with Gasteiger partial charge >= 0.3 is 0 Å². The van der Waals surface area contributed by atoms with Crippen LogP contribution in [0.1, 0.15) is 37.1 Å². The number of hydrogen-bond acceptors (Lipinski definition) is 4. The summed E-state index contributed by atoms with van der Waals surface area (Å²) in [5.74, 6) is 0.593. The molecular weight excluding hydrogens is 188 g/mol. The van der Waals surface area contributed by atoms with Crippen LogP contribution in [-0.4, -0.2) is 16.2 Å². The molecule has 0 saturated heterocycles. The van der Waals surface area contributed by atoms with E-state index in [1.54, 1.807) is 0 Å². The highest BCUT2D eigenvalue weighted by Crippen LogP contribution is 2.17. The van der Waals surface area contributed by atoms with Gasteiger partial charge in [0.25, 0.3) is 0 Å². The molecular formula is C11H16N4. The maximum Gasteiger partial charge on any atom is 0.167 e. The number of anilines is 1. The van der Waals surface area contributed by atoms with Crippen molar-refractivity contribution in [3.63, 3.8) is 0 Å². The fraction of sp³-hybridized carbons (Fsp3) is 0.545. The Morgan fingerprint density at radius 1 is 1.40 bits per heavy atom. The molecule has 0 aliphatic carbocycles. The van der Waals surface area contributed by atoms with Crippen LogP contribution in [0.25, 0.3) is 0 Å². The zero-order valence-electron chi connectivity index (χ0n) is 9.63. The van der Waals surface area contributed by atoms with E-state index < -0.39 is 0 Å². The summed E-state index contributed by atoms with van der Waals surface area (Å²) in [6.45, 7) is 7.89. The summed E-state index contributed by atoms with van der Waals surface area (Å²) >= 11 is 0. The Kier molecular flexibility index (Phi) is 3.62. The predicted octanol–water partition coefficient (Wildman–Crippen LogP) is 2.18. The quantitative estimate of drug-likeness (QED) is 0.819. The lowest BCUT2D eigenvalue weighted by molar-refractivity contribution is 0.752. The van der Waals surface area contributed by atoms with Gasteiger partial charge in [-0.15, -0.1) is 5.10 Å². The van der Waals surface area contributed by atoms with Crippen LogP contribution in [0.2, 0.25) is 0 Å². The van der Waals surface area contributed by atoms with Gasteiger partial charge in [-0.1, -0.05) is 6.92 Å². The average molecular weight is 204 g/mol. The van der Waals surface area contributed by atoms with E-state index in [0.29, 0.717) is 17.4 Å². The lowest BCUT2D eigenvalue weighted by atomic mass is 10.1. The summed E-state index contributed by atoms with van der Waals surface area (Å²) in [6, 6.07) is 2.47. The van der Waals surface area contributed by atoms with Gasteiger partial charge in [0.2, 0.25) is 0 Å². The molecule has 1 aromatic heterocycles. The second-order valence-corrected chi connectivity index (χ2v) is 3.70. The summed E-state index contributed by atoms with van der Waals surface area (Å²) in [7, 11) is 0. The lowest BCUT2D eigenvalue weighted by Crippen LogP contribution is -2.17. The maximum absolute atomic E-state index is 9.05. The zero-order valence-corrected chi connectivity index (χ0v) is 9.63. The third-order valence-corrected chi connectivity index (χ3v) is 2.56. The van der Waals surface area contributed by atoms with Crippen molar-refractivity contribution in [2.45, 2.75) is 40.2 Å². The predicted molar refractivity (Wildman–Crippen MR) is 59.6 cm³/mol. The molecule has 0 radical (unpaired) electrons. The number of hydrogen-bond donors (Lipinski definition) is 1. The number of nitriles is 1. The van der Waals surface area contributed by atoms with Gasteiger partial charge in [-0.2, -0.15) is 10.4 Å². The molecule has 0 bridgehead atoms. The van der Waals surface area contributed by atoms with Crippen molar-refractivity contribution in [2.75, 3.05) is 5.32 Å². The number of nitrogens with one attached hydrogen (secondary N) is 1. The first-order valence-corrected chi connectivity index (χ1v) is 5.10. The highest BCUT2D eigenvalue weighted by atomic mass is 15.2. The van der Waals surface area contributed by atoms with Gasteiger partial charge in [0.1, 0.15) is 11.6 Å². The molecule has 1 heterocycles. The SMILES string of the molecule is CCC(C)Nc1nnc(C)c(C)c1C#N. The smallest absolute Gasteiger partial charge is 0.167 e. The van der Waals surface area contributed by atoms with Crippen LogP contribution in [0.15, 0.2) is 0 Å². The maximum atomic E-state index is 9.05. The Balaban J connectivity index is 3.09. The normalized spacial score (nSPS) is 11.9. The van der Waals surface area contributed by atoms with Crippen molar-refractivity contribution in [3.8, 4) is 6.07 Å². The molecule has 4 heteroatoms. The first-order valence-electron chi connectivity index (χ1n) is 5.10. The van der Waals surface area contributed by atoms with E-state index in [-0.39, 0.29) is 0 Å². The summed E-state index contributed by atoms with van der Waals surface area (Å²) in [6.07, 6.45) is 0.986. The van der Waals surface area contributed by atoms with E-state index in [1.165, 1.54) is 0 Å². The van der Waals surface area contributed by atoms with Crippen LogP contribution in [0, 0.1) is 25.2 Å². The van der Waals surface area contributed by atoms with E-state index >= 15 is 0 Å². The molecule has 0 fully saturated rings. The Morgan fingerprint density at radius 2 is 2.07 bits per heavy atom. The zero-order chi connectivity index (χ0) is 11.4. The van der Waals surface area contributed by atoms with E-state index in [0.717, 1.165) is 17.7 Å². The highest BCUT2D eigenvalue weighted by Gasteiger charge is 2.11. The van der Waals surface area contributed by atoms with E-state index in [4.69, 9.17) is 5.26 Å². The Morgan fingerprint density at radius 3 is 2.60 bits per heavy atom. The minimum Gasteiger partial charge on any atom is -0.365 e. The molecule has 1 atom stereocenters. The molecule has 0 amide bonds. The molecule has 0 aromatic carbocycles. The van der Waals surface area contributed by atoms with Gasteiger partial charge in [0.05, 0.1) is 5.69 Å². The van der Waals surface area contributed by atoms with Crippen molar-refractivity contribution < 1.29 is 0 Å². The van der Waals surface area contributed by atoms with Crippen molar-refractivity contribution in [3.05, 3.63) is 16.8 Å². The van der Waals surface area contributed by atoms with Crippen LogP contribution in [0.3, 0.4) is 0 Å². The van der Waals surface area contributed by atoms with Crippen molar-refractivity contribution >= 4 is 5.82 Å². The first kappa shape index (κ1) is 11.4. The molecule has 80 valence electrons. The Hall–Kier alpha value is -1.63. The van der Waals surface area contributed by atoms with Gasteiger partial charge in [-0.3, -0.25) is 0 Å². The summed E-state index contributed by atoms with van der Waals surface area (Å²) in [5, 5.41) is 20.3. The van der Waals surface area contributed by atoms with Gasteiger partial charge in [-0.05, 0) is 32.8 Å². The second-order valence-electron chi connectivity index (χ2n) is 3.70. The minimum absolute atomic E-state index is 0.300. The number of aromatic nitrogens is 2.